The van der Waals surface area contributed by atoms with Crippen molar-refractivity contribution in [3.63, 3.8) is 0 Å². The van der Waals surface area contributed by atoms with Crippen LogP contribution in [0, 0.1) is 5.21 Å². The molecular formula is C14H24ClN3O. The maximum Gasteiger partial charge on any atom is 0.154 e. The second kappa shape index (κ2) is 6.09. The van der Waals surface area contributed by atoms with E-state index < -0.39 is 0 Å². The van der Waals surface area contributed by atoms with Crippen molar-refractivity contribution in [2.45, 2.75) is 25.8 Å². The topological polar surface area (TPSA) is 52.3 Å². The molecule has 2 N–H and O–H groups in total. The van der Waals surface area contributed by atoms with Crippen molar-refractivity contribution in [3.05, 3.63) is 35.5 Å². The average Bonchev–Trinajstić information content (AvgIpc) is 2.71. The Morgan fingerprint density at radius 2 is 1.95 bits per heavy atom. The van der Waals surface area contributed by atoms with Crippen LogP contribution in [0.5, 0.6) is 0 Å². The summed E-state index contributed by atoms with van der Waals surface area (Å²) in [6.07, 6.45) is 0.763. The van der Waals surface area contributed by atoms with E-state index in [9.17, 15) is 5.21 Å². The predicted molar refractivity (Wildman–Crippen MR) is 82.1 cm³/mol. The Kier molecular flexibility index (Phi) is 5.21. The van der Waals surface area contributed by atoms with E-state index in [2.05, 4.69) is 17.0 Å². The normalized spacial score (nSPS) is 23.3. The first kappa shape index (κ1) is 16.2. The summed E-state index contributed by atoms with van der Waals surface area (Å²) in [5.74, 6) is 0. The van der Waals surface area contributed by atoms with E-state index in [0.29, 0.717) is 19.8 Å². The Balaban J connectivity index is 0.00000180. The Morgan fingerprint density at radius 1 is 1.32 bits per heavy atom. The Hall–Kier alpha value is -0.810. The molecule has 0 aliphatic carbocycles. The fourth-order valence-corrected chi connectivity index (χ4v) is 2.28. The number of anilines is 1. The molecule has 0 saturated carbocycles. The van der Waals surface area contributed by atoms with E-state index in [1.807, 2.05) is 32.0 Å². The van der Waals surface area contributed by atoms with Gasteiger partial charge in [-0.2, -0.15) is 0 Å². The van der Waals surface area contributed by atoms with Gasteiger partial charge in [0.15, 0.2) is 6.67 Å². The van der Waals surface area contributed by atoms with Crippen LogP contribution in [0.3, 0.4) is 0 Å². The third-order valence-corrected chi connectivity index (χ3v) is 3.49. The second-order valence-corrected chi connectivity index (χ2v) is 5.98. The molecule has 0 radical (unpaired) electrons. The molecule has 1 fully saturated rings. The number of para-hydroxylation sites is 1. The monoisotopic (exact) mass is 285 g/mol. The van der Waals surface area contributed by atoms with Crippen molar-refractivity contribution in [3.8, 4) is 0 Å². The third kappa shape index (κ3) is 4.66. The van der Waals surface area contributed by atoms with Gasteiger partial charge in [-0.1, -0.05) is 18.2 Å². The van der Waals surface area contributed by atoms with Gasteiger partial charge in [0.25, 0.3) is 0 Å². The molecule has 1 heterocycles. The van der Waals surface area contributed by atoms with Gasteiger partial charge in [0.05, 0.1) is 19.6 Å². The van der Waals surface area contributed by atoms with E-state index in [-0.39, 0.29) is 22.6 Å². The van der Waals surface area contributed by atoms with Crippen LogP contribution >= 0.6 is 12.4 Å². The minimum atomic E-state index is -0.254. The number of halogens is 1. The molecule has 1 aliphatic heterocycles. The summed E-state index contributed by atoms with van der Waals surface area (Å²) in [6.45, 7) is 6.59. The summed E-state index contributed by atoms with van der Waals surface area (Å²) in [5.41, 5.74) is 6.84. The lowest BCUT2D eigenvalue weighted by Gasteiger charge is -2.40. The molecule has 1 atom stereocenters. The number of hydroxylamine groups is 3. The van der Waals surface area contributed by atoms with Crippen LogP contribution in [0.2, 0.25) is 0 Å². The van der Waals surface area contributed by atoms with E-state index in [1.54, 1.807) is 0 Å². The molecule has 4 nitrogen and oxygen atoms in total. The first-order chi connectivity index (χ1) is 8.38. The van der Waals surface area contributed by atoms with Crippen molar-refractivity contribution in [1.82, 2.24) is 0 Å². The van der Waals surface area contributed by atoms with Gasteiger partial charge in [-0.3, -0.25) is 0 Å². The average molecular weight is 286 g/mol. The Morgan fingerprint density at radius 3 is 2.53 bits per heavy atom. The van der Waals surface area contributed by atoms with Gasteiger partial charge >= 0.3 is 0 Å². The highest BCUT2D eigenvalue weighted by Gasteiger charge is 2.30. The minimum Gasteiger partial charge on any atom is -0.631 e. The molecule has 1 aromatic rings. The highest BCUT2D eigenvalue weighted by Crippen LogP contribution is 2.23. The number of hydrogen-bond acceptors (Lipinski definition) is 3. The van der Waals surface area contributed by atoms with Gasteiger partial charge in [-0.25, -0.2) is 0 Å². The number of rotatable bonds is 4. The van der Waals surface area contributed by atoms with Crippen molar-refractivity contribution >= 4 is 18.1 Å². The van der Waals surface area contributed by atoms with Crippen molar-refractivity contribution in [2.75, 3.05) is 31.2 Å². The largest absolute Gasteiger partial charge is 0.631 e. The van der Waals surface area contributed by atoms with Gasteiger partial charge in [0, 0.05) is 17.6 Å². The van der Waals surface area contributed by atoms with Gasteiger partial charge in [0.2, 0.25) is 0 Å². The lowest BCUT2D eigenvalue weighted by Crippen LogP contribution is -2.46. The molecule has 1 aromatic carbocycles. The third-order valence-electron chi connectivity index (χ3n) is 3.49. The molecule has 1 saturated heterocycles. The first-order valence-corrected chi connectivity index (χ1v) is 6.54. The molecule has 19 heavy (non-hydrogen) atoms. The number of benzene rings is 1. The zero-order chi connectivity index (χ0) is 13.2. The quantitative estimate of drug-likeness (QED) is 0.682. The van der Waals surface area contributed by atoms with Crippen LogP contribution in [0.4, 0.5) is 5.69 Å². The first-order valence-electron chi connectivity index (χ1n) is 6.54. The molecule has 0 amide bonds. The zero-order valence-electron chi connectivity index (χ0n) is 11.7. The van der Waals surface area contributed by atoms with Crippen molar-refractivity contribution < 1.29 is 4.65 Å². The van der Waals surface area contributed by atoms with Gasteiger partial charge in [0.1, 0.15) is 0 Å². The molecule has 108 valence electrons. The predicted octanol–water partition coefficient (Wildman–Crippen LogP) is 2.33. The fourth-order valence-electron chi connectivity index (χ4n) is 2.28. The lowest BCUT2D eigenvalue weighted by molar-refractivity contribution is -0.867. The Bertz CT molecular complexity index is 393. The Labute approximate surface area is 121 Å². The summed E-state index contributed by atoms with van der Waals surface area (Å²) >= 11 is 0. The SMILES string of the molecule is CC(C)(N)CC[N+]1([O-])CCN(c2ccccc2)C1.Cl. The van der Waals surface area contributed by atoms with E-state index >= 15 is 0 Å². The van der Waals surface area contributed by atoms with E-state index in [1.165, 1.54) is 0 Å². The molecule has 2 rings (SSSR count). The molecule has 1 aliphatic rings. The molecular weight excluding hydrogens is 262 g/mol. The number of nitrogens with zero attached hydrogens (tertiary/aromatic N) is 2. The van der Waals surface area contributed by atoms with Gasteiger partial charge < -0.3 is 20.5 Å². The van der Waals surface area contributed by atoms with E-state index in [0.717, 1.165) is 18.7 Å². The van der Waals surface area contributed by atoms with Gasteiger partial charge in [-0.15, -0.1) is 12.4 Å². The van der Waals surface area contributed by atoms with Crippen LogP contribution in [0.15, 0.2) is 30.3 Å². The van der Waals surface area contributed by atoms with Crippen LogP contribution in [0.25, 0.3) is 0 Å². The molecule has 0 spiro atoms. The van der Waals surface area contributed by atoms with Crippen LogP contribution in [0.1, 0.15) is 20.3 Å². The highest BCUT2D eigenvalue weighted by atomic mass is 35.5. The van der Waals surface area contributed by atoms with Crippen LogP contribution < -0.4 is 10.6 Å². The number of nitrogens with two attached hydrogens (primary N) is 1. The molecule has 1 unspecified atom stereocenters. The molecule has 5 heteroatoms. The standard InChI is InChI=1S/C14H23N3O.ClH/c1-14(2,15)8-10-17(18)11-9-16(12-17)13-6-4-3-5-7-13;/h3-7H,8-12,15H2,1-2H3;1H. The van der Waals surface area contributed by atoms with Crippen LogP contribution in [-0.2, 0) is 0 Å². The van der Waals surface area contributed by atoms with Crippen LogP contribution in [-0.4, -0.2) is 36.5 Å². The fraction of sp³-hybridized carbons (Fsp3) is 0.571. The second-order valence-electron chi connectivity index (χ2n) is 5.98. The van der Waals surface area contributed by atoms with Crippen molar-refractivity contribution in [2.24, 2.45) is 5.73 Å². The summed E-state index contributed by atoms with van der Waals surface area (Å²) in [6, 6.07) is 10.1. The molecule has 0 aromatic heterocycles. The summed E-state index contributed by atoms with van der Waals surface area (Å²) in [7, 11) is 0. The maximum atomic E-state index is 12.6. The number of hydrogen-bond donors (Lipinski definition) is 1. The van der Waals surface area contributed by atoms with Gasteiger partial charge in [-0.05, 0) is 26.0 Å². The highest BCUT2D eigenvalue weighted by molar-refractivity contribution is 5.85. The smallest absolute Gasteiger partial charge is 0.154 e. The zero-order valence-corrected chi connectivity index (χ0v) is 12.5. The minimum absolute atomic E-state index is 0. The maximum absolute atomic E-state index is 12.6. The van der Waals surface area contributed by atoms with E-state index in [4.69, 9.17) is 5.73 Å². The molecule has 0 bridgehead atoms. The summed E-state index contributed by atoms with van der Waals surface area (Å²) in [4.78, 5) is 2.16. The summed E-state index contributed by atoms with van der Waals surface area (Å²) < 4.78 is -0.143. The summed E-state index contributed by atoms with van der Waals surface area (Å²) in [5, 5.41) is 12.6. The van der Waals surface area contributed by atoms with Crippen molar-refractivity contribution in [1.29, 1.82) is 0 Å². The lowest BCUT2D eigenvalue weighted by atomic mass is 10.0. The number of quaternary nitrogens is 1.